The van der Waals surface area contributed by atoms with Crippen molar-refractivity contribution in [3.8, 4) is 5.75 Å². The molecule has 0 saturated carbocycles. The number of nitrogens with zero attached hydrogens (tertiary/aromatic N) is 2. The molecule has 3 rings (SSSR count). The molecule has 1 atom stereocenters. The maximum absolute atomic E-state index is 12.4. The van der Waals surface area contributed by atoms with E-state index in [4.69, 9.17) is 9.26 Å². The smallest absolute Gasteiger partial charge is 0.224 e. The normalized spacial score (nSPS) is 17.7. The molecule has 0 radical (unpaired) electrons. The molecule has 1 saturated heterocycles. The Bertz CT molecular complexity index is 772. The number of ether oxygens (including phenoxy) is 1. The Morgan fingerprint density at radius 1 is 1.37 bits per heavy atom. The van der Waals surface area contributed by atoms with Gasteiger partial charge in [0.15, 0.2) is 5.76 Å². The summed E-state index contributed by atoms with van der Waals surface area (Å²) in [5.74, 6) is 2.34. The van der Waals surface area contributed by atoms with Gasteiger partial charge in [-0.2, -0.15) is 0 Å². The monoisotopic (exact) mass is 371 g/mol. The van der Waals surface area contributed by atoms with Crippen molar-refractivity contribution >= 4 is 11.6 Å². The third-order valence-corrected chi connectivity index (χ3v) is 5.15. The zero-order valence-electron chi connectivity index (χ0n) is 16.5. The molecule has 1 fully saturated rings. The lowest BCUT2D eigenvalue weighted by Crippen LogP contribution is -2.35. The lowest BCUT2D eigenvalue weighted by atomic mass is 9.93. The molecule has 1 N–H and O–H groups in total. The summed E-state index contributed by atoms with van der Waals surface area (Å²) >= 11 is 0. The van der Waals surface area contributed by atoms with Crippen LogP contribution in [0.1, 0.15) is 42.7 Å². The van der Waals surface area contributed by atoms with Crippen LogP contribution in [0.5, 0.6) is 5.75 Å². The van der Waals surface area contributed by atoms with Crippen molar-refractivity contribution in [1.29, 1.82) is 0 Å². The first-order chi connectivity index (χ1) is 13.0. The predicted octanol–water partition coefficient (Wildman–Crippen LogP) is 3.93. The van der Waals surface area contributed by atoms with Gasteiger partial charge in [0.2, 0.25) is 5.91 Å². The highest BCUT2D eigenvalue weighted by atomic mass is 16.5. The molecule has 6 heteroatoms. The standard InChI is InChI=1S/C21H29N3O3/c1-15-11-18(26-3)7-8-20(15)22-21(25)9-6-17-5-4-10-24(13-17)14-19-12-16(2)23-27-19/h7-8,11-12,17H,4-6,9-10,13-14H2,1-3H3,(H,22,25)/t17-/m1/s1. The van der Waals surface area contributed by atoms with Crippen molar-refractivity contribution in [3.05, 3.63) is 41.3 Å². The lowest BCUT2D eigenvalue weighted by Gasteiger charge is -2.31. The molecule has 0 spiro atoms. The van der Waals surface area contributed by atoms with Gasteiger partial charge in [-0.25, -0.2) is 0 Å². The summed E-state index contributed by atoms with van der Waals surface area (Å²) in [6, 6.07) is 7.69. The molecular weight excluding hydrogens is 342 g/mol. The van der Waals surface area contributed by atoms with Gasteiger partial charge in [-0.15, -0.1) is 0 Å². The summed E-state index contributed by atoms with van der Waals surface area (Å²) in [5, 5.41) is 6.98. The summed E-state index contributed by atoms with van der Waals surface area (Å²) in [5.41, 5.74) is 2.78. The van der Waals surface area contributed by atoms with Crippen LogP contribution in [0.25, 0.3) is 0 Å². The van der Waals surface area contributed by atoms with Crippen LogP contribution in [0.3, 0.4) is 0 Å². The van der Waals surface area contributed by atoms with E-state index in [-0.39, 0.29) is 5.91 Å². The van der Waals surface area contributed by atoms with E-state index in [0.29, 0.717) is 12.3 Å². The Morgan fingerprint density at radius 2 is 2.22 bits per heavy atom. The van der Waals surface area contributed by atoms with E-state index in [0.717, 1.165) is 60.9 Å². The first-order valence-electron chi connectivity index (χ1n) is 9.62. The van der Waals surface area contributed by atoms with Gasteiger partial charge in [-0.05, 0) is 69.3 Å². The molecule has 2 heterocycles. The Morgan fingerprint density at radius 3 is 2.93 bits per heavy atom. The number of piperidine rings is 1. The fourth-order valence-electron chi connectivity index (χ4n) is 3.69. The largest absolute Gasteiger partial charge is 0.497 e. The van der Waals surface area contributed by atoms with Crippen LogP contribution in [0, 0.1) is 19.8 Å². The zero-order chi connectivity index (χ0) is 19.2. The Kier molecular flexibility index (Phi) is 6.50. The Hall–Kier alpha value is -2.34. The molecule has 1 amide bonds. The van der Waals surface area contributed by atoms with Gasteiger partial charge in [0, 0.05) is 24.7 Å². The number of methoxy groups -OCH3 is 1. The van der Waals surface area contributed by atoms with E-state index in [9.17, 15) is 4.79 Å². The highest BCUT2D eigenvalue weighted by Gasteiger charge is 2.21. The highest BCUT2D eigenvalue weighted by molar-refractivity contribution is 5.91. The second-order valence-corrected chi connectivity index (χ2v) is 7.45. The van der Waals surface area contributed by atoms with Crippen LogP contribution in [-0.2, 0) is 11.3 Å². The van der Waals surface area contributed by atoms with Crippen molar-refractivity contribution < 1.29 is 14.1 Å². The Labute approximate surface area is 160 Å². The number of carbonyl (C=O) groups excluding carboxylic acids is 1. The number of carbonyl (C=O) groups is 1. The van der Waals surface area contributed by atoms with Gasteiger partial charge >= 0.3 is 0 Å². The minimum absolute atomic E-state index is 0.0752. The van der Waals surface area contributed by atoms with Crippen LogP contribution in [0.4, 0.5) is 5.69 Å². The number of anilines is 1. The van der Waals surface area contributed by atoms with Gasteiger partial charge in [-0.1, -0.05) is 5.16 Å². The van der Waals surface area contributed by atoms with Crippen LogP contribution in [0.15, 0.2) is 28.8 Å². The molecule has 1 aliphatic heterocycles. The lowest BCUT2D eigenvalue weighted by molar-refractivity contribution is -0.116. The average molecular weight is 371 g/mol. The fraction of sp³-hybridized carbons (Fsp3) is 0.524. The van der Waals surface area contributed by atoms with Gasteiger partial charge in [0.05, 0.1) is 19.3 Å². The Balaban J connectivity index is 1.45. The number of hydrogen-bond donors (Lipinski definition) is 1. The minimum Gasteiger partial charge on any atom is -0.497 e. The molecule has 0 bridgehead atoms. The second-order valence-electron chi connectivity index (χ2n) is 7.45. The average Bonchev–Trinajstić information content (AvgIpc) is 3.06. The van der Waals surface area contributed by atoms with Crippen molar-refractivity contribution in [2.75, 3.05) is 25.5 Å². The van der Waals surface area contributed by atoms with E-state index >= 15 is 0 Å². The van der Waals surface area contributed by atoms with E-state index < -0.39 is 0 Å². The number of rotatable bonds is 7. The molecule has 146 valence electrons. The summed E-state index contributed by atoms with van der Waals surface area (Å²) < 4.78 is 10.5. The number of benzene rings is 1. The van der Waals surface area contributed by atoms with Gasteiger partial charge in [0.25, 0.3) is 0 Å². The third kappa shape index (κ3) is 5.57. The number of hydrogen-bond acceptors (Lipinski definition) is 5. The topological polar surface area (TPSA) is 67.6 Å². The van der Waals surface area contributed by atoms with E-state index in [1.54, 1.807) is 7.11 Å². The van der Waals surface area contributed by atoms with Crippen molar-refractivity contribution in [3.63, 3.8) is 0 Å². The summed E-state index contributed by atoms with van der Waals surface area (Å²) in [6.45, 7) is 6.80. The third-order valence-electron chi connectivity index (χ3n) is 5.15. The molecule has 27 heavy (non-hydrogen) atoms. The summed E-state index contributed by atoms with van der Waals surface area (Å²) in [6.07, 6.45) is 3.80. The first-order valence-corrected chi connectivity index (χ1v) is 9.62. The SMILES string of the molecule is COc1ccc(NC(=O)CC[C@H]2CCCN(Cc3cc(C)no3)C2)c(C)c1. The number of likely N-dealkylation sites (tertiary alicyclic amines) is 1. The molecule has 1 aliphatic rings. The molecule has 1 aromatic carbocycles. The van der Waals surface area contributed by atoms with Gasteiger partial charge in [-0.3, -0.25) is 9.69 Å². The van der Waals surface area contributed by atoms with E-state index in [2.05, 4.69) is 15.4 Å². The maximum Gasteiger partial charge on any atom is 0.224 e. The van der Waals surface area contributed by atoms with Gasteiger partial charge < -0.3 is 14.6 Å². The van der Waals surface area contributed by atoms with E-state index in [1.807, 2.05) is 38.1 Å². The molecule has 6 nitrogen and oxygen atoms in total. The molecule has 1 aromatic heterocycles. The summed E-state index contributed by atoms with van der Waals surface area (Å²) in [4.78, 5) is 14.8. The zero-order valence-corrected chi connectivity index (χ0v) is 16.5. The fourth-order valence-corrected chi connectivity index (χ4v) is 3.69. The van der Waals surface area contributed by atoms with Gasteiger partial charge in [0.1, 0.15) is 5.75 Å². The van der Waals surface area contributed by atoms with Crippen molar-refractivity contribution in [2.24, 2.45) is 5.92 Å². The molecule has 0 aliphatic carbocycles. The quantitative estimate of drug-likeness (QED) is 0.799. The molecule has 0 unspecified atom stereocenters. The number of aromatic nitrogens is 1. The number of aryl methyl sites for hydroxylation is 2. The first kappa shape index (κ1) is 19.4. The maximum atomic E-state index is 12.4. The van der Waals surface area contributed by atoms with Crippen LogP contribution in [0.2, 0.25) is 0 Å². The van der Waals surface area contributed by atoms with Crippen molar-refractivity contribution in [2.45, 2.75) is 46.1 Å². The summed E-state index contributed by atoms with van der Waals surface area (Å²) in [7, 11) is 1.64. The highest BCUT2D eigenvalue weighted by Crippen LogP contribution is 2.24. The predicted molar refractivity (Wildman–Crippen MR) is 105 cm³/mol. The van der Waals surface area contributed by atoms with Crippen LogP contribution < -0.4 is 10.1 Å². The van der Waals surface area contributed by atoms with Crippen LogP contribution in [-0.4, -0.2) is 36.2 Å². The van der Waals surface area contributed by atoms with Crippen LogP contribution >= 0.6 is 0 Å². The molecular formula is C21H29N3O3. The number of nitrogens with one attached hydrogen (secondary N) is 1. The second kappa shape index (κ2) is 9.04. The number of amides is 1. The molecule has 2 aromatic rings. The van der Waals surface area contributed by atoms with Crippen molar-refractivity contribution in [1.82, 2.24) is 10.1 Å². The minimum atomic E-state index is 0.0752. The van der Waals surface area contributed by atoms with E-state index in [1.165, 1.54) is 6.42 Å².